The Morgan fingerprint density at radius 1 is 1.62 bits per heavy atom. The zero-order chi connectivity index (χ0) is 9.84. The molecule has 0 saturated carbocycles. The highest BCUT2D eigenvalue weighted by Gasteiger charge is 2.05. The van der Waals surface area contributed by atoms with Gasteiger partial charge in [0, 0.05) is 4.47 Å². The number of hydrazine groups is 1. The van der Waals surface area contributed by atoms with E-state index in [2.05, 4.69) is 34.0 Å². The minimum atomic E-state index is 0.0202. The molecule has 0 aromatic heterocycles. The first-order chi connectivity index (χ1) is 6.19. The molecular weight excluding hydrogens is 228 g/mol. The van der Waals surface area contributed by atoms with Crippen molar-refractivity contribution in [3.8, 4) is 0 Å². The lowest BCUT2D eigenvalue weighted by Crippen LogP contribution is -2.26. The Kier molecular flexibility index (Phi) is 3.66. The topological polar surface area (TPSA) is 38.0 Å². The van der Waals surface area contributed by atoms with Crippen LogP contribution in [-0.4, -0.2) is 0 Å². The highest BCUT2D eigenvalue weighted by Crippen LogP contribution is 2.21. The Hall–Kier alpha value is -0.640. The van der Waals surface area contributed by atoms with Crippen LogP contribution < -0.4 is 11.3 Å². The number of hydrogen-bond donors (Lipinski definition) is 2. The van der Waals surface area contributed by atoms with Crippen LogP contribution in [0.15, 0.2) is 35.3 Å². The normalized spacial score (nSPS) is 12.5. The molecule has 0 heterocycles. The lowest BCUT2D eigenvalue weighted by atomic mass is 10.1. The second-order valence-electron chi connectivity index (χ2n) is 2.89. The van der Waals surface area contributed by atoms with Gasteiger partial charge in [-0.2, -0.15) is 0 Å². The molecular formula is C10H13BrN2. The van der Waals surface area contributed by atoms with E-state index < -0.39 is 0 Å². The first-order valence-corrected chi connectivity index (χ1v) is 4.83. The van der Waals surface area contributed by atoms with Crippen molar-refractivity contribution in [1.29, 1.82) is 0 Å². The van der Waals surface area contributed by atoms with Crippen molar-refractivity contribution in [2.45, 2.75) is 13.0 Å². The zero-order valence-electron chi connectivity index (χ0n) is 7.55. The van der Waals surface area contributed by atoms with Gasteiger partial charge in [0.25, 0.3) is 0 Å². The number of nitrogens with two attached hydrogens (primary N) is 1. The van der Waals surface area contributed by atoms with E-state index in [4.69, 9.17) is 5.84 Å². The van der Waals surface area contributed by atoms with Crippen LogP contribution >= 0.6 is 15.9 Å². The van der Waals surface area contributed by atoms with Crippen molar-refractivity contribution in [2.24, 2.45) is 5.84 Å². The molecule has 0 aliphatic rings. The van der Waals surface area contributed by atoms with Gasteiger partial charge in [0.15, 0.2) is 0 Å². The molecule has 1 unspecified atom stereocenters. The molecule has 0 spiro atoms. The van der Waals surface area contributed by atoms with Crippen molar-refractivity contribution in [3.63, 3.8) is 0 Å². The first-order valence-electron chi connectivity index (χ1n) is 4.03. The predicted octanol–water partition coefficient (Wildman–Crippen LogP) is 2.45. The van der Waals surface area contributed by atoms with Crippen LogP contribution in [0.4, 0.5) is 0 Å². The van der Waals surface area contributed by atoms with Crippen molar-refractivity contribution in [2.75, 3.05) is 0 Å². The highest BCUT2D eigenvalue weighted by atomic mass is 79.9. The zero-order valence-corrected chi connectivity index (χ0v) is 9.14. The fourth-order valence-electron chi connectivity index (χ4n) is 1.16. The second-order valence-corrected chi connectivity index (χ2v) is 3.74. The van der Waals surface area contributed by atoms with Crippen molar-refractivity contribution in [1.82, 2.24) is 5.43 Å². The van der Waals surface area contributed by atoms with E-state index in [-0.39, 0.29) is 6.04 Å². The Balaban J connectivity index is 3.01. The number of halogens is 1. The molecule has 70 valence electrons. The van der Waals surface area contributed by atoms with E-state index in [1.54, 1.807) is 6.08 Å². The summed E-state index contributed by atoms with van der Waals surface area (Å²) in [4.78, 5) is 0. The van der Waals surface area contributed by atoms with Crippen LogP contribution in [0.3, 0.4) is 0 Å². The molecule has 0 amide bonds. The molecule has 0 bridgehead atoms. The lowest BCUT2D eigenvalue weighted by molar-refractivity contribution is 0.656. The summed E-state index contributed by atoms with van der Waals surface area (Å²) in [5.74, 6) is 5.37. The summed E-state index contributed by atoms with van der Waals surface area (Å²) < 4.78 is 1.11. The van der Waals surface area contributed by atoms with E-state index in [0.717, 1.165) is 10.0 Å². The molecule has 1 rings (SSSR count). The van der Waals surface area contributed by atoms with Gasteiger partial charge in [-0.15, -0.1) is 6.58 Å². The Bertz CT molecular complexity index is 310. The summed E-state index contributed by atoms with van der Waals surface area (Å²) in [6, 6.07) is 6.13. The quantitative estimate of drug-likeness (QED) is 0.484. The van der Waals surface area contributed by atoms with E-state index in [1.807, 2.05) is 19.1 Å². The minimum Gasteiger partial charge on any atom is -0.271 e. The van der Waals surface area contributed by atoms with Crippen LogP contribution in [0, 0.1) is 6.92 Å². The van der Waals surface area contributed by atoms with Crippen molar-refractivity contribution < 1.29 is 0 Å². The average Bonchev–Trinajstić information content (AvgIpc) is 2.13. The van der Waals surface area contributed by atoms with Crippen LogP contribution in [0.25, 0.3) is 0 Å². The maximum atomic E-state index is 5.37. The summed E-state index contributed by atoms with van der Waals surface area (Å²) in [6.07, 6.45) is 1.78. The van der Waals surface area contributed by atoms with Gasteiger partial charge >= 0.3 is 0 Å². The largest absolute Gasteiger partial charge is 0.271 e. The molecule has 0 saturated heterocycles. The molecule has 1 atom stereocenters. The molecule has 1 aromatic carbocycles. The molecule has 0 fully saturated rings. The molecule has 3 N–H and O–H groups in total. The van der Waals surface area contributed by atoms with Gasteiger partial charge in [0.05, 0.1) is 6.04 Å². The fourth-order valence-corrected chi connectivity index (χ4v) is 1.41. The smallest absolute Gasteiger partial charge is 0.0638 e. The fraction of sp³-hybridized carbons (Fsp3) is 0.200. The van der Waals surface area contributed by atoms with Crippen molar-refractivity contribution in [3.05, 3.63) is 46.5 Å². The van der Waals surface area contributed by atoms with Gasteiger partial charge in [0.2, 0.25) is 0 Å². The molecule has 3 heteroatoms. The highest BCUT2D eigenvalue weighted by molar-refractivity contribution is 9.10. The van der Waals surface area contributed by atoms with E-state index in [9.17, 15) is 0 Å². The van der Waals surface area contributed by atoms with Gasteiger partial charge in [-0.05, 0) is 24.1 Å². The number of benzene rings is 1. The Morgan fingerprint density at radius 3 is 2.77 bits per heavy atom. The Labute approximate surface area is 86.9 Å². The van der Waals surface area contributed by atoms with Gasteiger partial charge < -0.3 is 0 Å². The maximum Gasteiger partial charge on any atom is 0.0638 e. The molecule has 1 aromatic rings. The third kappa shape index (κ3) is 2.40. The lowest BCUT2D eigenvalue weighted by Gasteiger charge is -2.12. The van der Waals surface area contributed by atoms with E-state index in [1.165, 1.54) is 5.56 Å². The van der Waals surface area contributed by atoms with Gasteiger partial charge in [-0.3, -0.25) is 5.84 Å². The molecule has 0 radical (unpaired) electrons. The predicted molar refractivity (Wildman–Crippen MR) is 59.1 cm³/mol. The van der Waals surface area contributed by atoms with E-state index >= 15 is 0 Å². The molecule has 2 nitrogen and oxygen atoms in total. The standard InChI is InChI=1S/C10H13BrN2/c1-3-10(13-12)8-4-5-9(11)7(2)6-8/h3-6,10,13H,1,12H2,2H3. The van der Waals surface area contributed by atoms with Gasteiger partial charge in [-0.1, -0.05) is 34.1 Å². The number of rotatable bonds is 3. The Morgan fingerprint density at radius 2 is 2.31 bits per heavy atom. The van der Waals surface area contributed by atoms with Crippen LogP contribution in [-0.2, 0) is 0 Å². The van der Waals surface area contributed by atoms with Crippen molar-refractivity contribution >= 4 is 15.9 Å². The van der Waals surface area contributed by atoms with Gasteiger partial charge in [-0.25, -0.2) is 5.43 Å². The maximum absolute atomic E-state index is 5.37. The summed E-state index contributed by atoms with van der Waals surface area (Å²) in [5.41, 5.74) is 5.00. The second kappa shape index (κ2) is 4.56. The SMILES string of the molecule is C=CC(NN)c1ccc(Br)c(C)c1. The first kappa shape index (κ1) is 10.4. The minimum absolute atomic E-state index is 0.0202. The third-order valence-electron chi connectivity index (χ3n) is 1.96. The summed E-state index contributed by atoms with van der Waals surface area (Å²) >= 11 is 3.44. The third-order valence-corrected chi connectivity index (χ3v) is 2.85. The summed E-state index contributed by atoms with van der Waals surface area (Å²) in [6.45, 7) is 5.75. The van der Waals surface area contributed by atoms with Crippen LogP contribution in [0.2, 0.25) is 0 Å². The average molecular weight is 241 g/mol. The summed E-state index contributed by atoms with van der Waals surface area (Å²) in [7, 11) is 0. The number of nitrogens with one attached hydrogen (secondary N) is 1. The van der Waals surface area contributed by atoms with E-state index in [0.29, 0.717) is 0 Å². The number of hydrogen-bond acceptors (Lipinski definition) is 2. The van der Waals surface area contributed by atoms with Crippen LogP contribution in [0.5, 0.6) is 0 Å². The molecule has 0 aliphatic carbocycles. The summed E-state index contributed by atoms with van der Waals surface area (Å²) in [5, 5.41) is 0. The monoisotopic (exact) mass is 240 g/mol. The molecule has 13 heavy (non-hydrogen) atoms. The molecule has 0 aliphatic heterocycles. The number of aryl methyl sites for hydroxylation is 1. The van der Waals surface area contributed by atoms with Gasteiger partial charge in [0.1, 0.15) is 0 Å². The van der Waals surface area contributed by atoms with Crippen LogP contribution in [0.1, 0.15) is 17.2 Å².